The van der Waals surface area contributed by atoms with Gasteiger partial charge >= 0.3 is 6.18 Å². The SMILES string of the molecule is C[CH]OCCCC#CC(F)(F)F. The molecule has 0 aromatic carbocycles. The fourth-order valence-electron chi connectivity index (χ4n) is 0.524. The average Bonchev–Trinajstić information content (AvgIpc) is 1.94. The summed E-state index contributed by atoms with van der Waals surface area (Å²) in [6.07, 6.45) is -3.63. The molecule has 0 bridgehead atoms. The molecule has 4 heteroatoms. The molecular weight excluding hydrogens is 169 g/mol. The normalized spacial score (nSPS) is 10.7. The number of hydrogen-bond donors (Lipinski definition) is 0. The lowest BCUT2D eigenvalue weighted by atomic mass is 10.3. The third kappa shape index (κ3) is 9.31. The van der Waals surface area contributed by atoms with Crippen molar-refractivity contribution in [2.75, 3.05) is 6.61 Å². The minimum atomic E-state index is -4.36. The molecule has 0 aliphatic rings. The van der Waals surface area contributed by atoms with Crippen LogP contribution in [0.15, 0.2) is 0 Å². The molecule has 0 atom stereocenters. The van der Waals surface area contributed by atoms with E-state index in [9.17, 15) is 13.2 Å². The van der Waals surface area contributed by atoms with Crippen molar-refractivity contribution in [3.05, 3.63) is 6.61 Å². The molecule has 0 aromatic rings. The molecule has 0 aromatic heterocycles. The van der Waals surface area contributed by atoms with Crippen molar-refractivity contribution in [3.8, 4) is 11.8 Å². The first-order valence-corrected chi connectivity index (χ1v) is 3.52. The van der Waals surface area contributed by atoms with Gasteiger partial charge in [0.1, 0.15) is 0 Å². The van der Waals surface area contributed by atoms with Gasteiger partial charge in [-0.1, -0.05) is 5.92 Å². The third-order valence-electron chi connectivity index (χ3n) is 0.961. The van der Waals surface area contributed by atoms with Crippen LogP contribution in [0.25, 0.3) is 0 Å². The van der Waals surface area contributed by atoms with E-state index >= 15 is 0 Å². The van der Waals surface area contributed by atoms with Crippen molar-refractivity contribution in [1.29, 1.82) is 0 Å². The van der Waals surface area contributed by atoms with Gasteiger partial charge in [0.15, 0.2) is 0 Å². The molecule has 1 nitrogen and oxygen atoms in total. The van der Waals surface area contributed by atoms with Crippen LogP contribution >= 0.6 is 0 Å². The molecule has 12 heavy (non-hydrogen) atoms. The van der Waals surface area contributed by atoms with E-state index in [1.807, 2.05) is 5.92 Å². The maximum atomic E-state index is 11.4. The summed E-state index contributed by atoms with van der Waals surface area (Å²) in [6.45, 7) is 3.63. The molecule has 69 valence electrons. The Balaban J connectivity index is 3.34. The number of unbranched alkanes of at least 4 members (excludes halogenated alkanes) is 1. The fourth-order valence-corrected chi connectivity index (χ4v) is 0.524. The van der Waals surface area contributed by atoms with Crippen LogP contribution in [-0.4, -0.2) is 12.8 Å². The molecule has 0 heterocycles. The van der Waals surface area contributed by atoms with Crippen LogP contribution in [0.1, 0.15) is 19.8 Å². The maximum absolute atomic E-state index is 11.4. The van der Waals surface area contributed by atoms with E-state index in [1.165, 1.54) is 12.5 Å². The van der Waals surface area contributed by atoms with Crippen molar-refractivity contribution in [3.63, 3.8) is 0 Å². The molecule has 0 saturated heterocycles. The third-order valence-corrected chi connectivity index (χ3v) is 0.961. The Labute approximate surface area is 69.9 Å². The van der Waals surface area contributed by atoms with Gasteiger partial charge in [-0.15, -0.1) is 0 Å². The molecule has 0 saturated carbocycles. The highest BCUT2D eigenvalue weighted by Crippen LogP contribution is 2.11. The zero-order chi connectivity index (χ0) is 9.45. The molecule has 0 unspecified atom stereocenters. The van der Waals surface area contributed by atoms with Crippen LogP contribution in [0.3, 0.4) is 0 Å². The standard InChI is InChI=1S/C8H10F3O/c1-2-12-7-5-3-4-6-8(9,10)11/h2H,3,5,7H2,1H3. The van der Waals surface area contributed by atoms with Crippen LogP contribution in [-0.2, 0) is 4.74 Å². The van der Waals surface area contributed by atoms with Gasteiger partial charge in [0.05, 0.1) is 6.61 Å². The van der Waals surface area contributed by atoms with Crippen molar-refractivity contribution in [2.45, 2.75) is 25.9 Å². The Morgan fingerprint density at radius 1 is 1.42 bits per heavy atom. The average molecular weight is 179 g/mol. The molecule has 1 radical (unpaired) electrons. The van der Waals surface area contributed by atoms with Gasteiger partial charge in [-0.05, 0) is 13.3 Å². The van der Waals surface area contributed by atoms with E-state index in [2.05, 4.69) is 0 Å². The van der Waals surface area contributed by atoms with Gasteiger partial charge < -0.3 is 4.74 Å². The first-order valence-electron chi connectivity index (χ1n) is 3.52. The molecule has 0 aliphatic carbocycles. The Hall–Kier alpha value is -0.690. The van der Waals surface area contributed by atoms with Crippen LogP contribution in [0.4, 0.5) is 13.2 Å². The van der Waals surface area contributed by atoms with Gasteiger partial charge in [0.2, 0.25) is 0 Å². The molecule has 0 rings (SSSR count). The molecule has 0 amide bonds. The molecule has 0 aliphatic heterocycles. The van der Waals surface area contributed by atoms with Gasteiger partial charge in [-0.2, -0.15) is 13.2 Å². The van der Waals surface area contributed by atoms with Crippen LogP contribution in [0, 0.1) is 18.4 Å². The Morgan fingerprint density at radius 2 is 2.08 bits per heavy atom. The smallest absolute Gasteiger partial charge is 0.376 e. The highest BCUT2D eigenvalue weighted by atomic mass is 19.4. The quantitative estimate of drug-likeness (QED) is 0.476. The summed E-state index contributed by atoms with van der Waals surface area (Å²) in [7, 11) is 0. The van der Waals surface area contributed by atoms with Crippen molar-refractivity contribution in [1.82, 2.24) is 0 Å². The van der Waals surface area contributed by atoms with E-state index in [0.717, 1.165) is 0 Å². The first kappa shape index (κ1) is 11.3. The largest absolute Gasteiger partial charge is 0.457 e. The van der Waals surface area contributed by atoms with Gasteiger partial charge in [-0.3, -0.25) is 0 Å². The van der Waals surface area contributed by atoms with E-state index < -0.39 is 6.18 Å². The van der Waals surface area contributed by atoms with Crippen LogP contribution in [0.5, 0.6) is 0 Å². The van der Waals surface area contributed by atoms with Crippen LogP contribution < -0.4 is 0 Å². The number of alkyl halides is 3. The van der Waals surface area contributed by atoms with Crippen LogP contribution in [0.2, 0.25) is 0 Å². The summed E-state index contributed by atoms with van der Waals surface area (Å²) < 4.78 is 39.1. The Morgan fingerprint density at radius 3 is 2.58 bits per heavy atom. The molecule has 0 N–H and O–H groups in total. The zero-order valence-corrected chi connectivity index (χ0v) is 6.74. The Kier molecular flexibility index (Phi) is 5.56. The lowest BCUT2D eigenvalue weighted by Gasteiger charge is -1.95. The number of hydrogen-bond acceptors (Lipinski definition) is 1. The van der Waals surface area contributed by atoms with Gasteiger partial charge in [0, 0.05) is 18.9 Å². The zero-order valence-electron chi connectivity index (χ0n) is 6.74. The summed E-state index contributed by atoms with van der Waals surface area (Å²) in [4.78, 5) is 0. The topological polar surface area (TPSA) is 9.23 Å². The van der Waals surface area contributed by atoms with E-state index in [1.54, 1.807) is 6.92 Å². The first-order chi connectivity index (χ1) is 5.56. The minimum absolute atomic E-state index is 0.216. The monoisotopic (exact) mass is 179 g/mol. The van der Waals surface area contributed by atoms with E-state index in [0.29, 0.717) is 13.0 Å². The molecule has 0 spiro atoms. The predicted octanol–water partition coefficient (Wildman–Crippen LogP) is 2.53. The highest BCUT2D eigenvalue weighted by molar-refractivity contribution is 5.04. The number of rotatable bonds is 4. The fraction of sp³-hybridized carbons (Fsp3) is 0.625. The second kappa shape index (κ2) is 5.90. The predicted molar refractivity (Wildman–Crippen MR) is 39.0 cm³/mol. The highest BCUT2D eigenvalue weighted by Gasteiger charge is 2.22. The minimum Gasteiger partial charge on any atom is -0.376 e. The van der Waals surface area contributed by atoms with E-state index in [-0.39, 0.29) is 6.42 Å². The second-order valence-corrected chi connectivity index (χ2v) is 2.01. The van der Waals surface area contributed by atoms with Crippen molar-refractivity contribution in [2.24, 2.45) is 0 Å². The molecular formula is C8H10F3O. The second-order valence-electron chi connectivity index (χ2n) is 2.01. The summed E-state index contributed by atoms with van der Waals surface area (Å²) in [5, 5.41) is 0. The summed E-state index contributed by atoms with van der Waals surface area (Å²) in [5.74, 6) is 3.20. The molecule has 0 fully saturated rings. The Bertz CT molecular complexity index is 163. The summed E-state index contributed by atoms with van der Waals surface area (Å²) in [5.41, 5.74) is 0. The summed E-state index contributed by atoms with van der Waals surface area (Å²) in [6, 6.07) is 0. The van der Waals surface area contributed by atoms with Gasteiger partial charge in [-0.25, -0.2) is 0 Å². The maximum Gasteiger partial charge on any atom is 0.457 e. The lowest BCUT2D eigenvalue weighted by molar-refractivity contribution is -0.0697. The lowest BCUT2D eigenvalue weighted by Crippen LogP contribution is -2.01. The van der Waals surface area contributed by atoms with Crippen molar-refractivity contribution < 1.29 is 17.9 Å². The van der Waals surface area contributed by atoms with Gasteiger partial charge in [0.25, 0.3) is 0 Å². The summed E-state index contributed by atoms with van der Waals surface area (Å²) >= 11 is 0. The van der Waals surface area contributed by atoms with Crippen molar-refractivity contribution >= 4 is 0 Å². The van der Waals surface area contributed by atoms with E-state index in [4.69, 9.17) is 4.74 Å². The number of halogens is 3. The number of ether oxygens (including phenoxy) is 1.